The minimum absolute atomic E-state index is 0.0201. The van der Waals surface area contributed by atoms with Crippen LogP contribution in [-0.2, 0) is 10.3 Å². The van der Waals surface area contributed by atoms with E-state index >= 15 is 0 Å². The van der Waals surface area contributed by atoms with Gasteiger partial charge in [-0.05, 0) is 42.7 Å². The summed E-state index contributed by atoms with van der Waals surface area (Å²) in [5, 5.41) is 3.71. The van der Waals surface area contributed by atoms with Crippen LogP contribution in [0.4, 0.5) is 11.5 Å². The monoisotopic (exact) mass is 497 g/mol. The van der Waals surface area contributed by atoms with E-state index in [1.165, 1.54) is 13.3 Å². The zero-order valence-corrected chi connectivity index (χ0v) is 20.9. The zero-order chi connectivity index (χ0) is 25.8. The van der Waals surface area contributed by atoms with Gasteiger partial charge in [-0.1, -0.05) is 36.4 Å². The lowest BCUT2D eigenvalue weighted by molar-refractivity contribution is -0.118. The second kappa shape index (κ2) is 10.4. The van der Waals surface area contributed by atoms with Crippen molar-refractivity contribution in [2.24, 2.45) is 5.73 Å². The van der Waals surface area contributed by atoms with Gasteiger partial charge in [-0.2, -0.15) is 0 Å². The lowest BCUT2D eigenvalue weighted by atomic mass is 9.82. The van der Waals surface area contributed by atoms with Gasteiger partial charge in [0.25, 0.3) is 5.91 Å². The molecule has 4 N–H and O–H groups in total. The van der Waals surface area contributed by atoms with Gasteiger partial charge in [0.05, 0.1) is 5.39 Å². The molecule has 1 aliphatic heterocycles. The molecule has 5 rings (SSSR count). The Morgan fingerprint density at radius 2 is 1.86 bits per heavy atom. The molecule has 1 saturated heterocycles. The predicted octanol–water partition coefficient (Wildman–Crippen LogP) is 3.32. The summed E-state index contributed by atoms with van der Waals surface area (Å²) in [6.45, 7) is 3.58. The number of anilines is 2. The lowest BCUT2D eigenvalue weighted by Crippen LogP contribution is -2.49. The first-order valence-electron chi connectivity index (χ1n) is 12.5. The Labute approximate surface area is 215 Å². The quantitative estimate of drug-likeness (QED) is 0.360. The molecule has 37 heavy (non-hydrogen) atoms. The van der Waals surface area contributed by atoms with Gasteiger partial charge in [-0.15, -0.1) is 0 Å². The Morgan fingerprint density at radius 3 is 2.62 bits per heavy atom. The fraction of sp³-hybridized carbons (Fsp3) is 0.286. The number of nitrogens with two attached hydrogens (primary N) is 1. The van der Waals surface area contributed by atoms with Crippen LogP contribution in [0.2, 0.25) is 0 Å². The van der Waals surface area contributed by atoms with Gasteiger partial charge in [0, 0.05) is 56.1 Å². The Bertz CT molecular complexity index is 1390. The third kappa shape index (κ3) is 5.17. The van der Waals surface area contributed by atoms with Crippen LogP contribution in [-0.4, -0.2) is 57.8 Å². The van der Waals surface area contributed by atoms with E-state index in [1.807, 2.05) is 64.5 Å². The van der Waals surface area contributed by atoms with Gasteiger partial charge in [0.15, 0.2) is 0 Å². The number of likely N-dealkylation sites (tertiary alicyclic amines) is 1. The van der Waals surface area contributed by atoms with Gasteiger partial charge < -0.3 is 25.8 Å². The van der Waals surface area contributed by atoms with Crippen LogP contribution >= 0.6 is 0 Å². The number of fused-ring (bicyclic) bond motifs is 1. The maximum atomic E-state index is 13.5. The van der Waals surface area contributed by atoms with Crippen molar-refractivity contribution in [3.05, 3.63) is 84.3 Å². The van der Waals surface area contributed by atoms with E-state index in [1.54, 1.807) is 0 Å². The highest BCUT2D eigenvalue weighted by Crippen LogP contribution is 2.32. The van der Waals surface area contributed by atoms with Crippen LogP contribution in [0.25, 0.3) is 11.0 Å². The summed E-state index contributed by atoms with van der Waals surface area (Å²) in [5.41, 5.74) is 9.55. The Balaban J connectivity index is 1.38. The molecule has 0 unspecified atom stereocenters. The molecule has 9 heteroatoms. The van der Waals surface area contributed by atoms with Crippen LogP contribution in [0, 0.1) is 0 Å². The molecule has 2 amide bonds. The average molecular weight is 498 g/mol. The summed E-state index contributed by atoms with van der Waals surface area (Å²) in [7, 11) is 0. The van der Waals surface area contributed by atoms with Crippen molar-refractivity contribution in [3.8, 4) is 0 Å². The molecule has 190 valence electrons. The molecular weight excluding hydrogens is 466 g/mol. The van der Waals surface area contributed by atoms with E-state index < -0.39 is 5.54 Å². The van der Waals surface area contributed by atoms with E-state index in [0.29, 0.717) is 50.4 Å². The molecule has 0 atom stereocenters. The van der Waals surface area contributed by atoms with Crippen molar-refractivity contribution in [3.63, 3.8) is 0 Å². The van der Waals surface area contributed by atoms with E-state index in [2.05, 4.69) is 32.4 Å². The molecule has 0 saturated carbocycles. The first kappa shape index (κ1) is 24.5. The molecule has 0 spiro atoms. The molecule has 2 aromatic heterocycles. The first-order valence-corrected chi connectivity index (χ1v) is 12.5. The number of nitrogens with zero attached hydrogens (tertiary/aromatic N) is 4. The minimum atomic E-state index is -0.421. The SMILES string of the molecule is CC(=O)NCCN(c1cccc(C(=O)N2CCC(N)(c3ccccc3)CC2)c1)c1ncnc2[nH]ccc12. The number of benzene rings is 2. The molecule has 0 aliphatic carbocycles. The topological polar surface area (TPSA) is 120 Å². The molecule has 0 radical (unpaired) electrons. The van der Waals surface area contributed by atoms with Crippen molar-refractivity contribution in [1.82, 2.24) is 25.2 Å². The van der Waals surface area contributed by atoms with Gasteiger partial charge >= 0.3 is 0 Å². The van der Waals surface area contributed by atoms with Gasteiger partial charge in [0.1, 0.15) is 17.8 Å². The van der Waals surface area contributed by atoms with Crippen LogP contribution in [0.5, 0.6) is 0 Å². The van der Waals surface area contributed by atoms with Crippen LogP contribution in [0.3, 0.4) is 0 Å². The molecule has 9 nitrogen and oxygen atoms in total. The standard InChI is InChI=1S/C28H31N7O2/c1-20(36)30-14-17-35(26-24-10-13-31-25(24)32-19-33-26)23-9-5-6-21(18-23)27(37)34-15-11-28(29,12-16-34)22-7-3-2-4-8-22/h2-10,13,18-19H,11-12,14-17,29H2,1H3,(H,30,36)(H,31,32,33). The van der Waals surface area contributed by atoms with Gasteiger partial charge in [-0.25, -0.2) is 9.97 Å². The number of hydrogen-bond donors (Lipinski definition) is 3. The molecule has 0 bridgehead atoms. The smallest absolute Gasteiger partial charge is 0.253 e. The zero-order valence-electron chi connectivity index (χ0n) is 20.9. The number of amides is 2. The van der Waals surface area contributed by atoms with E-state index in [-0.39, 0.29) is 11.8 Å². The normalized spacial score (nSPS) is 14.9. The first-order chi connectivity index (χ1) is 17.9. The van der Waals surface area contributed by atoms with Crippen molar-refractivity contribution in [2.75, 3.05) is 31.1 Å². The van der Waals surface area contributed by atoms with E-state index in [0.717, 1.165) is 22.3 Å². The molecule has 1 aliphatic rings. The lowest BCUT2D eigenvalue weighted by Gasteiger charge is -2.39. The van der Waals surface area contributed by atoms with Gasteiger partial charge in [0.2, 0.25) is 5.91 Å². The molecule has 3 heterocycles. The number of aromatic amines is 1. The molecular formula is C28H31N7O2. The summed E-state index contributed by atoms with van der Waals surface area (Å²) in [4.78, 5) is 40.8. The highest BCUT2D eigenvalue weighted by Gasteiger charge is 2.34. The maximum Gasteiger partial charge on any atom is 0.253 e. The highest BCUT2D eigenvalue weighted by molar-refractivity contribution is 5.96. The van der Waals surface area contributed by atoms with Crippen LogP contribution in [0.1, 0.15) is 35.7 Å². The van der Waals surface area contributed by atoms with Crippen molar-refractivity contribution in [2.45, 2.75) is 25.3 Å². The summed E-state index contributed by atoms with van der Waals surface area (Å²) < 4.78 is 0. The predicted molar refractivity (Wildman–Crippen MR) is 143 cm³/mol. The molecule has 2 aromatic carbocycles. The average Bonchev–Trinajstić information content (AvgIpc) is 3.41. The summed E-state index contributed by atoms with van der Waals surface area (Å²) in [5.74, 6) is 0.582. The number of hydrogen-bond acceptors (Lipinski definition) is 6. The second-order valence-corrected chi connectivity index (χ2v) is 9.44. The summed E-state index contributed by atoms with van der Waals surface area (Å²) in [6.07, 6.45) is 4.74. The van der Waals surface area contributed by atoms with Crippen molar-refractivity contribution in [1.29, 1.82) is 0 Å². The maximum absolute atomic E-state index is 13.5. The fourth-order valence-corrected chi connectivity index (χ4v) is 4.93. The summed E-state index contributed by atoms with van der Waals surface area (Å²) >= 11 is 0. The number of rotatable bonds is 7. The van der Waals surface area contributed by atoms with E-state index in [9.17, 15) is 9.59 Å². The minimum Gasteiger partial charge on any atom is -0.355 e. The van der Waals surface area contributed by atoms with Crippen LogP contribution < -0.4 is 16.0 Å². The molecule has 1 fully saturated rings. The van der Waals surface area contributed by atoms with Crippen LogP contribution in [0.15, 0.2) is 73.2 Å². The number of nitrogens with one attached hydrogen (secondary N) is 2. The number of piperidine rings is 1. The Kier molecular flexibility index (Phi) is 6.87. The van der Waals surface area contributed by atoms with Gasteiger partial charge in [-0.3, -0.25) is 9.59 Å². The Hall–Kier alpha value is -4.24. The molecule has 4 aromatic rings. The third-order valence-electron chi connectivity index (χ3n) is 6.99. The number of carbonyl (C=O) groups is 2. The van der Waals surface area contributed by atoms with Crippen molar-refractivity contribution >= 4 is 34.4 Å². The fourth-order valence-electron chi connectivity index (χ4n) is 4.93. The number of H-pyrrole nitrogens is 1. The largest absolute Gasteiger partial charge is 0.355 e. The number of carbonyl (C=O) groups excluding carboxylic acids is 2. The number of aromatic nitrogens is 3. The second-order valence-electron chi connectivity index (χ2n) is 9.44. The van der Waals surface area contributed by atoms with Crippen molar-refractivity contribution < 1.29 is 9.59 Å². The highest BCUT2D eigenvalue weighted by atomic mass is 16.2. The Morgan fingerprint density at radius 1 is 1.08 bits per heavy atom. The summed E-state index contributed by atoms with van der Waals surface area (Å²) in [6, 6.07) is 19.6. The third-order valence-corrected chi connectivity index (χ3v) is 6.99. The van der Waals surface area contributed by atoms with E-state index in [4.69, 9.17) is 5.73 Å².